The van der Waals surface area contributed by atoms with E-state index in [1.165, 1.54) is 0 Å². The van der Waals surface area contributed by atoms with E-state index in [1.54, 1.807) is 4.90 Å². The lowest BCUT2D eigenvalue weighted by Gasteiger charge is -2.28. The van der Waals surface area contributed by atoms with Gasteiger partial charge in [0, 0.05) is 12.6 Å². The highest BCUT2D eigenvalue weighted by Crippen LogP contribution is 2.25. The number of rotatable bonds is 6. The third-order valence-electron chi connectivity index (χ3n) is 4.38. The normalized spacial score (nSPS) is 19.2. The fraction of sp³-hybridized carbons (Fsp3) is 0.611. The molecule has 2 rings (SSSR count). The summed E-state index contributed by atoms with van der Waals surface area (Å²) in [5, 5.41) is 0. The number of nitrogens with zero attached hydrogens (tertiary/aromatic N) is 1. The van der Waals surface area contributed by atoms with E-state index in [0.29, 0.717) is 13.0 Å². The molecule has 1 aliphatic heterocycles. The Morgan fingerprint density at radius 1 is 1.25 bits per heavy atom. The van der Waals surface area contributed by atoms with E-state index in [9.17, 15) is 13.2 Å². The van der Waals surface area contributed by atoms with Crippen molar-refractivity contribution in [1.29, 1.82) is 0 Å². The highest BCUT2D eigenvalue weighted by atomic mass is 32.2. The number of aryl methyl sites for hydroxylation is 3. The van der Waals surface area contributed by atoms with Crippen LogP contribution in [0.1, 0.15) is 36.5 Å². The zero-order valence-electron chi connectivity index (χ0n) is 15.0. The van der Waals surface area contributed by atoms with Crippen LogP contribution in [0.3, 0.4) is 0 Å². The van der Waals surface area contributed by atoms with E-state index in [4.69, 9.17) is 4.74 Å². The summed E-state index contributed by atoms with van der Waals surface area (Å²) in [5.41, 5.74) is 3.17. The molecule has 1 aromatic rings. The predicted octanol–water partition coefficient (Wildman–Crippen LogP) is 2.42. The summed E-state index contributed by atoms with van der Waals surface area (Å²) in [4.78, 5) is 14.3. The SMILES string of the molecule is CCCN(C(=O)COc1c(C)cc(C)cc1C)C1CCS(=O)(=O)C1. The minimum absolute atomic E-state index is 0.0543. The Morgan fingerprint density at radius 3 is 2.38 bits per heavy atom. The van der Waals surface area contributed by atoms with Crippen LogP contribution in [-0.2, 0) is 14.6 Å². The molecule has 1 atom stereocenters. The molecule has 0 saturated carbocycles. The number of amides is 1. The predicted molar refractivity (Wildman–Crippen MR) is 95.2 cm³/mol. The van der Waals surface area contributed by atoms with Crippen LogP contribution in [-0.4, -0.2) is 49.9 Å². The first-order valence-electron chi connectivity index (χ1n) is 8.44. The second kappa shape index (κ2) is 7.55. The molecule has 5 nitrogen and oxygen atoms in total. The molecule has 0 bridgehead atoms. The first-order chi connectivity index (χ1) is 11.2. The maximum atomic E-state index is 12.6. The van der Waals surface area contributed by atoms with Crippen LogP contribution in [0.4, 0.5) is 0 Å². The van der Waals surface area contributed by atoms with E-state index >= 15 is 0 Å². The molecule has 0 aliphatic carbocycles. The largest absolute Gasteiger partial charge is 0.483 e. The second-order valence-corrected chi connectivity index (χ2v) is 8.89. The molecule has 0 N–H and O–H groups in total. The van der Waals surface area contributed by atoms with Gasteiger partial charge in [0.05, 0.1) is 11.5 Å². The van der Waals surface area contributed by atoms with E-state index < -0.39 is 9.84 Å². The molecule has 1 heterocycles. The van der Waals surface area contributed by atoms with Crippen molar-refractivity contribution in [2.24, 2.45) is 0 Å². The van der Waals surface area contributed by atoms with Gasteiger partial charge in [-0.1, -0.05) is 24.6 Å². The number of benzene rings is 1. The van der Waals surface area contributed by atoms with Crippen molar-refractivity contribution >= 4 is 15.7 Å². The Labute approximate surface area is 144 Å². The average molecular weight is 353 g/mol. The first kappa shape index (κ1) is 18.8. The summed E-state index contributed by atoms with van der Waals surface area (Å²) < 4.78 is 29.2. The molecule has 1 saturated heterocycles. The van der Waals surface area contributed by atoms with E-state index in [2.05, 4.69) is 0 Å². The van der Waals surface area contributed by atoms with Crippen molar-refractivity contribution in [3.05, 3.63) is 28.8 Å². The number of ether oxygens (including phenoxy) is 1. The molecule has 1 fully saturated rings. The van der Waals surface area contributed by atoms with Crippen molar-refractivity contribution in [3.8, 4) is 5.75 Å². The minimum Gasteiger partial charge on any atom is -0.483 e. The molecule has 1 unspecified atom stereocenters. The van der Waals surface area contributed by atoms with Gasteiger partial charge in [0.25, 0.3) is 5.91 Å². The minimum atomic E-state index is -3.01. The Morgan fingerprint density at radius 2 is 1.88 bits per heavy atom. The summed E-state index contributed by atoms with van der Waals surface area (Å²) in [6, 6.07) is 3.84. The zero-order valence-corrected chi connectivity index (χ0v) is 15.8. The van der Waals surface area contributed by atoms with E-state index in [1.807, 2.05) is 39.8 Å². The zero-order chi connectivity index (χ0) is 17.9. The summed E-state index contributed by atoms with van der Waals surface area (Å²) in [7, 11) is -3.01. The smallest absolute Gasteiger partial charge is 0.260 e. The molecule has 1 aromatic carbocycles. The Balaban J connectivity index is 2.06. The summed E-state index contributed by atoms with van der Waals surface area (Å²) in [6.07, 6.45) is 1.32. The Bertz CT molecular complexity index is 689. The highest BCUT2D eigenvalue weighted by Gasteiger charge is 2.34. The Hall–Kier alpha value is -1.56. The summed E-state index contributed by atoms with van der Waals surface area (Å²) in [5.74, 6) is 0.839. The van der Waals surface area contributed by atoms with Gasteiger partial charge in [-0.2, -0.15) is 0 Å². The monoisotopic (exact) mass is 353 g/mol. The fourth-order valence-electron chi connectivity index (χ4n) is 3.38. The molecule has 0 radical (unpaired) electrons. The van der Waals surface area contributed by atoms with Gasteiger partial charge in [0.15, 0.2) is 16.4 Å². The van der Waals surface area contributed by atoms with Gasteiger partial charge in [0.1, 0.15) is 5.75 Å². The first-order valence-corrected chi connectivity index (χ1v) is 10.3. The number of carbonyl (C=O) groups excluding carboxylic acids is 1. The van der Waals surface area contributed by atoms with Crippen LogP contribution in [0, 0.1) is 20.8 Å². The molecular weight excluding hydrogens is 326 g/mol. The number of carbonyl (C=O) groups is 1. The van der Waals surface area contributed by atoms with Gasteiger partial charge in [0.2, 0.25) is 0 Å². The lowest BCUT2D eigenvalue weighted by atomic mass is 10.1. The highest BCUT2D eigenvalue weighted by molar-refractivity contribution is 7.91. The topological polar surface area (TPSA) is 63.7 Å². The van der Waals surface area contributed by atoms with E-state index in [0.717, 1.165) is 28.9 Å². The molecule has 134 valence electrons. The van der Waals surface area contributed by atoms with E-state index in [-0.39, 0.29) is 30.1 Å². The molecule has 6 heteroatoms. The standard InChI is InChI=1S/C18H27NO4S/c1-5-7-19(16-6-8-24(21,22)12-16)17(20)11-23-18-14(3)9-13(2)10-15(18)4/h9-10,16H,5-8,11-12H2,1-4H3. The van der Waals surface area contributed by atoms with Crippen LogP contribution < -0.4 is 4.74 Å². The lowest BCUT2D eigenvalue weighted by molar-refractivity contribution is -0.135. The van der Waals surface area contributed by atoms with Gasteiger partial charge in [-0.05, 0) is 44.7 Å². The van der Waals surface area contributed by atoms with Crippen molar-refractivity contribution in [2.45, 2.75) is 46.6 Å². The maximum absolute atomic E-state index is 12.6. The van der Waals surface area contributed by atoms with Gasteiger partial charge >= 0.3 is 0 Å². The van der Waals surface area contributed by atoms with Gasteiger partial charge in [-0.15, -0.1) is 0 Å². The molecule has 1 amide bonds. The summed E-state index contributed by atoms with van der Waals surface area (Å²) in [6.45, 7) is 8.45. The number of hydrogen-bond acceptors (Lipinski definition) is 4. The fourth-order valence-corrected chi connectivity index (χ4v) is 5.11. The second-order valence-electron chi connectivity index (χ2n) is 6.66. The van der Waals surface area contributed by atoms with Crippen LogP contribution in [0.25, 0.3) is 0 Å². The molecular formula is C18H27NO4S. The van der Waals surface area contributed by atoms with Gasteiger partial charge in [-0.3, -0.25) is 4.79 Å². The average Bonchev–Trinajstić information content (AvgIpc) is 2.83. The molecule has 1 aliphatic rings. The van der Waals surface area contributed by atoms with Crippen LogP contribution >= 0.6 is 0 Å². The Kier molecular flexibility index (Phi) is 5.91. The van der Waals surface area contributed by atoms with Crippen LogP contribution in [0.5, 0.6) is 5.75 Å². The van der Waals surface area contributed by atoms with Gasteiger partial charge in [-0.25, -0.2) is 8.42 Å². The molecule has 0 spiro atoms. The molecule has 24 heavy (non-hydrogen) atoms. The number of sulfone groups is 1. The van der Waals surface area contributed by atoms with Crippen molar-refractivity contribution in [1.82, 2.24) is 4.90 Å². The van der Waals surface area contributed by atoms with Crippen LogP contribution in [0.2, 0.25) is 0 Å². The lowest BCUT2D eigenvalue weighted by Crippen LogP contribution is -2.44. The van der Waals surface area contributed by atoms with Gasteiger partial charge < -0.3 is 9.64 Å². The van der Waals surface area contributed by atoms with Crippen molar-refractivity contribution in [3.63, 3.8) is 0 Å². The van der Waals surface area contributed by atoms with Crippen molar-refractivity contribution in [2.75, 3.05) is 24.7 Å². The van der Waals surface area contributed by atoms with Crippen LogP contribution in [0.15, 0.2) is 12.1 Å². The summed E-state index contributed by atoms with van der Waals surface area (Å²) >= 11 is 0. The quantitative estimate of drug-likeness (QED) is 0.788. The molecule has 0 aromatic heterocycles. The van der Waals surface area contributed by atoms with Crippen molar-refractivity contribution < 1.29 is 17.9 Å². The third-order valence-corrected chi connectivity index (χ3v) is 6.13. The maximum Gasteiger partial charge on any atom is 0.260 e. The number of hydrogen-bond donors (Lipinski definition) is 0. The third kappa shape index (κ3) is 4.50.